The van der Waals surface area contributed by atoms with Gasteiger partial charge in [-0.3, -0.25) is 4.79 Å². The number of quaternary nitrogens is 1. The van der Waals surface area contributed by atoms with Gasteiger partial charge < -0.3 is 14.4 Å². The second kappa shape index (κ2) is 9.67. The van der Waals surface area contributed by atoms with Crippen molar-refractivity contribution in [3.63, 3.8) is 0 Å². The van der Waals surface area contributed by atoms with Crippen LogP contribution < -0.4 is 9.64 Å². The Kier molecular flexibility index (Phi) is 7.57. The molecule has 1 aliphatic heterocycles. The first-order valence-corrected chi connectivity index (χ1v) is 9.37. The van der Waals surface area contributed by atoms with Gasteiger partial charge in [-0.2, -0.15) is 0 Å². The van der Waals surface area contributed by atoms with E-state index in [9.17, 15) is 4.79 Å². The maximum atomic E-state index is 11.8. The van der Waals surface area contributed by atoms with Gasteiger partial charge in [0.1, 0.15) is 18.9 Å². The second-order valence-corrected chi connectivity index (χ2v) is 6.72. The van der Waals surface area contributed by atoms with E-state index < -0.39 is 0 Å². The van der Waals surface area contributed by atoms with Gasteiger partial charge in [0, 0.05) is 12.8 Å². The molecule has 1 saturated heterocycles. The van der Waals surface area contributed by atoms with Gasteiger partial charge in [-0.05, 0) is 30.9 Å². The van der Waals surface area contributed by atoms with Crippen LogP contribution in [-0.2, 0) is 9.53 Å². The molecule has 2 rings (SSSR count). The molecule has 1 atom stereocenters. The van der Waals surface area contributed by atoms with Crippen molar-refractivity contribution in [3.8, 4) is 5.75 Å². The first-order valence-electron chi connectivity index (χ1n) is 9.37. The molecule has 134 valence electrons. The van der Waals surface area contributed by atoms with Crippen LogP contribution in [0.5, 0.6) is 5.75 Å². The molecule has 0 aliphatic carbocycles. The van der Waals surface area contributed by atoms with Crippen LogP contribution in [0.2, 0.25) is 0 Å². The summed E-state index contributed by atoms with van der Waals surface area (Å²) in [6, 6.07) is 8.36. The number of esters is 1. The van der Waals surface area contributed by atoms with Crippen molar-refractivity contribution in [1.82, 2.24) is 0 Å². The Morgan fingerprint density at radius 2 is 1.96 bits per heavy atom. The summed E-state index contributed by atoms with van der Waals surface area (Å²) >= 11 is 0. The fourth-order valence-electron chi connectivity index (χ4n) is 3.32. The van der Waals surface area contributed by atoms with Gasteiger partial charge in [0.05, 0.1) is 25.6 Å². The number of carbonyl (C=O) groups is 1. The lowest BCUT2D eigenvalue weighted by Gasteiger charge is -2.28. The molecule has 1 aliphatic rings. The lowest BCUT2D eigenvalue weighted by Crippen LogP contribution is -3.13. The highest BCUT2D eigenvalue weighted by molar-refractivity contribution is 5.72. The zero-order valence-corrected chi connectivity index (χ0v) is 15.3. The summed E-state index contributed by atoms with van der Waals surface area (Å²) in [6.07, 6.45) is 2.97. The number of hydrogen-bond donors (Lipinski definition) is 1. The highest BCUT2D eigenvalue weighted by Gasteiger charge is 2.28. The largest absolute Gasteiger partial charge is 0.487 e. The second-order valence-electron chi connectivity index (χ2n) is 6.72. The zero-order valence-electron chi connectivity index (χ0n) is 15.3. The van der Waals surface area contributed by atoms with Crippen molar-refractivity contribution < 1.29 is 19.2 Å². The molecule has 0 saturated carbocycles. The molecule has 4 nitrogen and oxygen atoms in total. The first kappa shape index (κ1) is 18.8. The van der Waals surface area contributed by atoms with Crippen LogP contribution in [0.3, 0.4) is 0 Å². The minimum Gasteiger partial charge on any atom is -0.487 e. The topological polar surface area (TPSA) is 40.0 Å². The van der Waals surface area contributed by atoms with Gasteiger partial charge in [-0.15, -0.1) is 0 Å². The lowest BCUT2D eigenvalue weighted by atomic mass is 9.97. The molecule has 0 aromatic heterocycles. The average Bonchev–Trinajstić information content (AvgIpc) is 2.62. The predicted molar refractivity (Wildman–Crippen MR) is 95.6 cm³/mol. The zero-order chi connectivity index (χ0) is 17.4. The molecule has 0 bridgehead atoms. The van der Waals surface area contributed by atoms with Gasteiger partial charge in [0.15, 0.2) is 0 Å². The van der Waals surface area contributed by atoms with Crippen LogP contribution in [0.4, 0.5) is 0 Å². The smallest absolute Gasteiger partial charge is 0.309 e. The SMILES string of the molecule is CCOC(=O)C1CC[NH+](CCOc2ccccc2[C@H](C)CC)CC1. The molecule has 0 unspecified atom stereocenters. The Morgan fingerprint density at radius 3 is 2.62 bits per heavy atom. The minimum absolute atomic E-state index is 0.0183. The summed E-state index contributed by atoms with van der Waals surface area (Å²) in [7, 11) is 0. The van der Waals surface area contributed by atoms with E-state index in [-0.39, 0.29) is 11.9 Å². The fraction of sp³-hybridized carbons (Fsp3) is 0.650. The number of likely N-dealkylation sites (tertiary alicyclic amines) is 1. The molecule has 1 N–H and O–H groups in total. The van der Waals surface area contributed by atoms with Crippen LogP contribution in [0.1, 0.15) is 51.5 Å². The van der Waals surface area contributed by atoms with E-state index in [4.69, 9.17) is 9.47 Å². The number of rotatable bonds is 8. The molecule has 1 fully saturated rings. The highest BCUT2D eigenvalue weighted by Crippen LogP contribution is 2.28. The van der Waals surface area contributed by atoms with Crippen molar-refractivity contribution in [2.24, 2.45) is 5.92 Å². The first-order chi connectivity index (χ1) is 11.7. The summed E-state index contributed by atoms with van der Waals surface area (Å²) in [6.45, 7) is 10.6. The molecule has 1 aromatic rings. The molecule has 4 heteroatoms. The Balaban J connectivity index is 1.75. The Labute approximate surface area is 146 Å². The number of hydrogen-bond acceptors (Lipinski definition) is 3. The van der Waals surface area contributed by atoms with Gasteiger partial charge in [-0.1, -0.05) is 32.0 Å². The molecule has 1 heterocycles. The van der Waals surface area contributed by atoms with Crippen molar-refractivity contribution in [2.75, 3.05) is 32.8 Å². The number of ether oxygens (including phenoxy) is 2. The van der Waals surface area contributed by atoms with Gasteiger partial charge in [-0.25, -0.2) is 0 Å². The van der Waals surface area contributed by atoms with E-state index in [1.807, 2.05) is 13.0 Å². The summed E-state index contributed by atoms with van der Waals surface area (Å²) in [5, 5.41) is 0. The Morgan fingerprint density at radius 1 is 1.25 bits per heavy atom. The van der Waals surface area contributed by atoms with E-state index in [2.05, 4.69) is 32.0 Å². The monoisotopic (exact) mass is 334 g/mol. The quantitative estimate of drug-likeness (QED) is 0.742. The molecular weight excluding hydrogens is 302 g/mol. The molecular formula is C20H32NO3+. The normalized spacial score (nSPS) is 22.0. The van der Waals surface area contributed by atoms with Crippen LogP contribution in [0, 0.1) is 5.92 Å². The van der Waals surface area contributed by atoms with Gasteiger partial charge in [0.25, 0.3) is 0 Å². The number of benzene rings is 1. The van der Waals surface area contributed by atoms with E-state index in [1.165, 1.54) is 10.5 Å². The fourth-order valence-corrected chi connectivity index (χ4v) is 3.32. The summed E-state index contributed by atoms with van der Waals surface area (Å²) in [4.78, 5) is 13.3. The molecule has 0 radical (unpaired) electrons. The summed E-state index contributed by atoms with van der Waals surface area (Å²) in [5.41, 5.74) is 1.30. The molecule has 0 spiro atoms. The van der Waals surface area contributed by atoms with Crippen molar-refractivity contribution >= 4 is 5.97 Å². The Hall–Kier alpha value is -1.55. The van der Waals surface area contributed by atoms with E-state index in [0.29, 0.717) is 12.5 Å². The average molecular weight is 334 g/mol. The third-order valence-electron chi connectivity index (χ3n) is 5.09. The summed E-state index contributed by atoms with van der Waals surface area (Å²) in [5.74, 6) is 1.62. The number of nitrogens with one attached hydrogen (secondary N) is 1. The van der Waals surface area contributed by atoms with Gasteiger partial charge >= 0.3 is 5.97 Å². The number of carbonyl (C=O) groups excluding carboxylic acids is 1. The van der Waals surface area contributed by atoms with E-state index in [0.717, 1.165) is 51.3 Å². The van der Waals surface area contributed by atoms with Gasteiger partial charge in [0.2, 0.25) is 0 Å². The third-order valence-corrected chi connectivity index (χ3v) is 5.09. The predicted octanol–water partition coefficient (Wildman–Crippen LogP) is 2.44. The Bertz CT molecular complexity index is 509. The summed E-state index contributed by atoms with van der Waals surface area (Å²) < 4.78 is 11.2. The van der Waals surface area contributed by atoms with Crippen molar-refractivity contribution in [3.05, 3.63) is 29.8 Å². The highest BCUT2D eigenvalue weighted by atomic mass is 16.5. The number of piperidine rings is 1. The maximum Gasteiger partial charge on any atom is 0.309 e. The molecule has 1 aromatic carbocycles. The third kappa shape index (κ3) is 5.23. The standard InChI is InChI=1S/C20H31NO3/c1-4-16(3)18-8-6-7-9-19(18)24-15-14-21-12-10-17(11-13-21)20(22)23-5-2/h6-9,16-17H,4-5,10-15H2,1-3H3/p+1/t16-/m1/s1. The van der Waals surface area contributed by atoms with Crippen LogP contribution in [0.15, 0.2) is 24.3 Å². The van der Waals surface area contributed by atoms with E-state index >= 15 is 0 Å². The van der Waals surface area contributed by atoms with E-state index in [1.54, 1.807) is 0 Å². The maximum absolute atomic E-state index is 11.8. The molecule has 24 heavy (non-hydrogen) atoms. The lowest BCUT2D eigenvalue weighted by molar-refractivity contribution is -0.905. The number of para-hydroxylation sites is 1. The van der Waals surface area contributed by atoms with Crippen molar-refractivity contribution in [2.45, 2.75) is 46.0 Å². The van der Waals surface area contributed by atoms with Crippen molar-refractivity contribution in [1.29, 1.82) is 0 Å². The van der Waals surface area contributed by atoms with Crippen LogP contribution in [0.25, 0.3) is 0 Å². The molecule has 0 amide bonds. The van der Waals surface area contributed by atoms with Crippen LogP contribution in [-0.4, -0.2) is 38.8 Å². The van der Waals surface area contributed by atoms with Crippen LogP contribution >= 0.6 is 0 Å². The minimum atomic E-state index is -0.0183.